The van der Waals surface area contributed by atoms with Crippen LogP contribution in [0.3, 0.4) is 0 Å². The number of ether oxygens (including phenoxy) is 3. The minimum Gasteiger partial charge on any atom is -0.494 e. The van der Waals surface area contributed by atoms with Gasteiger partial charge in [-0.05, 0) is 24.6 Å². The maximum absolute atomic E-state index is 5.52. The van der Waals surface area contributed by atoms with Crippen molar-refractivity contribution in [3.8, 4) is 11.6 Å². The SMILES string of the molecule is COCCOc1cc(OC)c(Nc2ccnc3cc(C)ccc23)cn1. The zero-order valence-corrected chi connectivity index (χ0v) is 14.6. The number of aryl methyl sites for hydroxylation is 1. The van der Waals surface area contributed by atoms with Crippen LogP contribution in [0.1, 0.15) is 5.56 Å². The Morgan fingerprint density at radius 2 is 1.88 bits per heavy atom. The zero-order valence-electron chi connectivity index (χ0n) is 14.6. The molecule has 0 bridgehead atoms. The van der Waals surface area contributed by atoms with Crippen LogP contribution in [0.5, 0.6) is 11.6 Å². The molecule has 0 radical (unpaired) electrons. The molecule has 0 unspecified atom stereocenters. The van der Waals surface area contributed by atoms with Crippen molar-refractivity contribution >= 4 is 22.3 Å². The van der Waals surface area contributed by atoms with Crippen LogP contribution in [0.25, 0.3) is 10.9 Å². The number of benzene rings is 1. The highest BCUT2D eigenvalue weighted by Crippen LogP contribution is 2.32. The molecule has 25 heavy (non-hydrogen) atoms. The monoisotopic (exact) mass is 339 g/mol. The second kappa shape index (κ2) is 7.81. The molecule has 6 nitrogen and oxygen atoms in total. The number of nitrogens with zero attached hydrogens (tertiary/aromatic N) is 2. The van der Waals surface area contributed by atoms with Gasteiger partial charge in [0.05, 0.1) is 25.4 Å². The van der Waals surface area contributed by atoms with E-state index in [0.29, 0.717) is 24.8 Å². The maximum atomic E-state index is 5.52. The minimum atomic E-state index is 0.438. The highest BCUT2D eigenvalue weighted by Gasteiger charge is 2.09. The lowest BCUT2D eigenvalue weighted by Crippen LogP contribution is -2.06. The summed E-state index contributed by atoms with van der Waals surface area (Å²) in [7, 11) is 3.25. The van der Waals surface area contributed by atoms with Crippen molar-refractivity contribution in [1.82, 2.24) is 9.97 Å². The van der Waals surface area contributed by atoms with Crippen molar-refractivity contribution in [2.45, 2.75) is 6.92 Å². The molecule has 0 fully saturated rings. The van der Waals surface area contributed by atoms with E-state index in [1.54, 1.807) is 32.7 Å². The smallest absolute Gasteiger partial charge is 0.217 e. The second-order valence-electron chi connectivity index (χ2n) is 5.57. The first-order valence-corrected chi connectivity index (χ1v) is 7.99. The Labute approximate surface area is 146 Å². The van der Waals surface area contributed by atoms with Crippen molar-refractivity contribution in [2.24, 2.45) is 0 Å². The van der Waals surface area contributed by atoms with Crippen molar-refractivity contribution in [1.29, 1.82) is 0 Å². The first-order valence-electron chi connectivity index (χ1n) is 7.99. The third-order valence-corrected chi connectivity index (χ3v) is 3.77. The number of fused-ring (bicyclic) bond motifs is 1. The van der Waals surface area contributed by atoms with Gasteiger partial charge in [0.2, 0.25) is 5.88 Å². The molecule has 0 amide bonds. The van der Waals surface area contributed by atoms with Gasteiger partial charge < -0.3 is 19.5 Å². The van der Waals surface area contributed by atoms with E-state index in [2.05, 4.69) is 40.4 Å². The number of pyridine rings is 2. The van der Waals surface area contributed by atoms with Crippen molar-refractivity contribution in [3.05, 3.63) is 48.3 Å². The Bertz CT molecular complexity index is 868. The summed E-state index contributed by atoms with van der Waals surface area (Å²) in [6.07, 6.45) is 3.48. The fourth-order valence-electron chi connectivity index (χ4n) is 2.50. The molecule has 2 aromatic heterocycles. The van der Waals surface area contributed by atoms with E-state index in [0.717, 1.165) is 22.3 Å². The molecule has 6 heteroatoms. The fourth-order valence-corrected chi connectivity index (χ4v) is 2.50. The van der Waals surface area contributed by atoms with Crippen LogP contribution in [0.15, 0.2) is 42.7 Å². The van der Waals surface area contributed by atoms with Gasteiger partial charge in [-0.3, -0.25) is 4.98 Å². The van der Waals surface area contributed by atoms with Gasteiger partial charge >= 0.3 is 0 Å². The van der Waals surface area contributed by atoms with E-state index < -0.39 is 0 Å². The van der Waals surface area contributed by atoms with E-state index in [-0.39, 0.29) is 0 Å². The Hall–Kier alpha value is -2.86. The molecule has 0 atom stereocenters. The summed E-state index contributed by atoms with van der Waals surface area (Å²) in [4.78, 5) is 8.74. The molecule has 130 valence electrons. The molecule has 1 N–H and O–H groups in total. The molecule has 3 aromatic rings. The van der Waals surface area contributed by atoms with Crippen LogP contribution in [-0.2, 0) is 4.74 Å². The first kappa shape index (κ1) is 17.0. The van der Waals surface area contributed by atoms with Gasteiger partial charge in [0.25, 0.3) is 0 Å². The summed E-state index contributed by atoms with van der Waals surface area (Å²) >= 11 is 0. The largest absolute Gasteiger partial charge is 0.494 e. The third kappa shape index (κ3) is 3.97. The lowest BCUT2D eigenvalue weighted by atomic mass is 10.1. The van der Waals surface area contributed by atoms with E-state index in [9.17, 15) is 0 Å². The van der Waals surface area contributed by atoms with Gasteiger partial charge in [-0.15, -0.1) is 0 Å². The normalized spacial score (nSPS) is 10.7. The van der Waals surface area contributed by atoms with Crippen molar-refractivity contribution in [2.75, 3.05) is 32.8 Å². The van der Waals surface area contributed by atoms with Crippen molar-refractivity contribution in [3.63, 3.8) is 0 Å². The number of methoxy groups -OCH3 is 2. The molecule has 0 aliphatic carbocycles. The molecule has 0 spiro atoms. The number of hydrogen-bond donors (Lipinski definition) is 1. The van der Waals surface area contributed by atoms with Gasteiger partial charge in [-0.2, -0.15) is 0 Å². The van der Waals surface area contributed by atoms with Crippen LogP contribution in [0, 0.1) is 6.92 Å². The lowest BCUT2D eigenvalue weighted by molar-refractivity contribution is 0.143. The molecule has 0 saturated carbocycles. The average Bonchev–Trinajstić information content (AvgIpc) is 2.63. The molecular weight excluding hydrogens is 318 g/mol. The van der Waals surface area contributed by atoms with Gasteiger partial charge in [-0.1, -0.05) is 12.1 Å². The molecule has 1 aromatic carbocycles. The molecule has 0 aliphatic heterocycles. The second-order valence-corrected chi connectivity index (χ2v) is 5.57. The fraction of sp³-hybridized carbons (Fsp3) is 0.263. The van der Waals surface area contributed by atoms with E-state index in [4.69, 9.17) is 14.2 Å². The predicted octanol–water partition coefficient (Wildman–Crippen LogP) is 3.72. The molecular formula is C19H21N3O3. The number of nitrogens with one attached hydrogen (secondary N) is 1. The Morgan fingerprint density at radius 3 is 2.68 bits per heavy atom. The van der Waals surface area contributed by atoms with Gasteiger partial charge in [0.15, 0.2) is 0 Å². The zero-order chi connectivity index (χ0) is 17.6. The Morgan fingerprint density at radius 1 is 1.00 bits per heavy atom. The van der Waals surface area contributed by atoms with E-state index in [1.165, 1.54) is 5.56 Å². The highest BCUT2D eigenvalue weighted by atomic mass is 16.5. The first-order chi connectivity index (χ1) is 12.2. The average molecular weight is 339 g/mol. The molecule has 3 rings (SSSR count). The molecule has 0 saturated heterocycles. The van der Waals surface area contributed by atoms with Crippen LogP contribution >= 0.6 is 0 Å². The number of rotatable bonds is 7. The Balaban J connectivity index is 1.87. The van der Waals surface area contributed by atoms with Crippen LogP contribution in [0.4, 0.5) is 11.4 Å². The lowest BCUT2D eigenvalue weighted by Gasteiger charge is -2.14. The van der Waals surface area contributed by atoms with E-state index >= 15 is 0 Å². The predicted molar refractivity (Wildman–Crippen MR) is 97.9 cm³/mol. The summed E-state index contributed by atoms with van der Waals surface area (Å²) in [5.41, 5.74) is 3.82. The summed E-state index contributed by atoms with van der Waals surface area (Å²) in [6, 6.07) is 9.87. The summed E-state index contributed by atoms with van der Waals surface area (Å²) < 4.78 is 16.0. The van der Waals surface area contributed by atoms with Crippen LogP contribution < -0.4 is 14.8 Å². The summed E-state index contributed by atoms with van der Waals surface area (Å²) in [5.74, 6) is 1.15. The summed E-state index contributed by atoms with van der Waals surface area (Å²) in [5, 5.41) is 4.41. The third-order valence-electron chi connectivity index (χ3n) is 3.77. The standard InChI is InChI=1S/C19H21N3O3/c1-13-4-5-14-15(6-7-20-16(14)10-13)22-17-12-21-19(11-18(17)24-3)25-9-8-23-2/h4-7,10-12H,8-9H2,1-3H3,(H,20,22). The quantitative estimate of drug-likeness (QED) is 0.662. The van der Waals surface area contributed by atoms with Crippen molar-refractivity contribution < 1.29 is 14.2 Å². The van der Waals surface area contributed by atoms with Gasteiger partial charge in [-0.25, -0.2) is 4.98 Å². The summed E-state index contributed by atoms with van der Waals surface area (Å²) in [6.45, 7) is 3.00. The number of hydrogen-bond acceptors (Lipinski definition) is 6. The number of anilines is 2. The van der Waals surface area contributed by atoms with Gasteiger partial charge in [0.1, 0.15) is 18.0 Å². The van der Waals surface area contributed by atoms with E-state index in [1.807, 2.05) is 6.07 Å². The van der Waals surface area contributed by atoms with Crippen LogP contribution in [0.2, 0.25) is 0 Å². The highest BCUT2D eigenvalue weighted by molar-refractivity contribution is 5.93. The minimum absolute atomic E-state index is 0.438. The molecule has 0 aliphatic rings. The Kier molecular flexibility index (Phi) is 5.30. The number of aromatic nitrogens is 2. The van der Waals surface area contributed by atoms with Gasteiger partial charge in [0, 0.05) is 30.4 Å². The maximum Gasteiger partial charge on any atom is 0.217 e. The van der Waals surface area contributed by atoms with Crippen LogP contribution in [-0.4, -0.2) is 37.4 Å². The topological polar surface area (TPSA) is 65.5 Å². The molecule has 2 heterocycles.